The van der Waals surface area contributed by atoms with E-state index in [0.29, 0.717) is 43.9 Å². The Bertz CT molecular complexity index is 1230. The van der Waals surface area contributed by atoms with Crippen molar-refractivity contribution in [2.75, 3.05) is 37.7 Å². The number of halogens is 4. The molecular weight excluding hydrogens is 518 g/mol. The van der Waals surface area contributed by atoms with Crippen LogP contribution in [0, 0.1) is 0 Å². The van der Waals surface area contributed by atoms with Gasteiger partial charge in [0.15, 0.2) is 0 Å². The number of carbonyl (C=O) groups excluding carboxylic acids is 1. The Morgan fingerprint density at radius 3 is 2.59 bits per heavy atom. The Balaban J connectivity index is 1.31. The maximum absolute atomic E-state index is 13.5. The Kier molecular flexibility index (Phi) is 7.28. The molecule has 2 saturated heterocycles. The average Bonchev–Trinajstić information content (AvgIpc) is 3.25. The molecule has 2 aromatic carbocycles. The molecule has 3 aliphatic rings. The van der Waals surface area contributed by atoms with Crippen LogP contribution in [0.25, 0.3) is 0 Å². The van der Waals surface area contributed by atoms with Crippen LogP contribution in [0.3, 0.4) is 0 Å². The van der Waals surface area contributed by atoms with Gasteiger partial charge in [-0.05, 0) is 56.5 Å². The van der Waals surface area contributed by atoms with Crippen LogP contribution in [0.1, 0.15) is 66.4 Å². The van der Waals surface area contributed by atoms with Gasteiger partial charge in [-0.2, -0.15) is 0 Å². The Morgan fingerprint density at radius 1 is 1.18 bits per heavy atom. The lowest BCUT2D eigenvalue weighted by molar-refractivity contribution is -0.274. The van der Waals surface area contributed by atoms with E-state index >= 15 is 0 Å². The van der Waals surface area contributed by atoms with E-state index in [2.05, 4.69) is 15.0 Å². The topological polar surface area (TPSA) is 74.3 Å². The quantitative estimate of drug-likeness (QED) is 0.511. The van der Waals surface area contributed by atoms with Gasteiger partial charge >= 0.3 is 6.36 Å². The number of hydrogen-bond acceptors (Lipinski definition) is 6. The van der Waals surface area contributed by atoms with Gasteiger partial charge in [0.05, 0.1) is 18.2 Å². The lowest BCUT2D eigenvalue weighted by Gasteiger charge is -2.45. The highest BCUT2D eigenvalue weighted by Gasteiger charge is 2.38. The summed E-state index contributed by atoms with van der Waals surface area (Å²) in [5.74, 6) is -0.882. The van der Waals surface area contributed by atoms with Crippen LogP contribution >= 0.6 is 0 Å². The number of carbonyl (C=O) groups is 1. The highest BCUT2D eigenvalue weighted by molar-refractivity contribution is 5.94. The summed E-state index contributed by atoms with van der Waals surface area (Å²) in [4.78, 5) is 17.1. The smallest absolute Gasteiger partial charge is 0.405 e. The molecule has 0 spiro atoms. The number of hydrogen-bond donors (Lipinski definition) is 2. The summed E-state index contributed by atoms with van der Waals surface area (Å²) in [6, 6.07) is 8.85. The van der Waals surface area contributed by atoms with E-state index in [1.54, 1.807) is 31.2 Å². The Morgan fingerprint density at radius 2 is 1.92 bits per heavy atom. The van der Waals surface area contributed by atoms with Crippen molar-refractivity contribution >= 4 is 11.6 Å². The van der Waals surface area contributed by atoms with Crippen LogP contribution in [0.15, 0.2) is 36.4 Å². The second-order valence-electron chi connectivity index (χ2n) is 11.0. The molecular formula is C28H33F4N3O4. The van der Waals surface area contributed by atoms with Crippen molar-refractivity contribution in [2.24, 2.45) is 0 Å². The first-order valence-electron chi connectivity index (χ1n) is 13.1. The van der Waals surface area contributed by atoms with E-state index in [0.717, 1.165) is 5.56 Å². The fourth-order valence-corrected chi connectivity index (χ4v) is 5.60. The first-order valence-corrected chi connectivity index (χ1v) is 13.1. The molecule has 11 heteroatoms. The number of benzene rings is 2. The fraction of sp³-hybridized carbons (Fsp3) is 0.536. The second kappa shape index (κ2) is 10.3. The van der Waals surface area contributed by atoms with E-state index < -0.39 is 36.2 Å². The van der Waals surface area contributed by atoms with Gasteiger partial charge in [0.2, 0.25) is 0 Å². The standard InChI is InChI=1S/C28H33F4N3O4/c1-16(33-26(37)17-4-7-23-22(10-17)24(36)15-38-27(23,2)3)21-6-5-19(11-25(21)39-28(30,31)32)35-13-20(14-35)34-9-8-18(29)12-34/h4-7,10-11,16,18,20,24,36H,8-9,12-15H2,1-3H3,(H,33,37)/t16-,18+,24+/m0/s1. The number of likely N-dealkylation sites (tertiary alicyclic amines) is 1. The van der Waals surface area contributed by atoms with Gasteiger partial charge in [-0.1, -0.05) is 12.1 Å². The number of anilines is 1. The summed E-state index contributed by atoms with van der Waals surface area (Å²) >= 11 is 0. The first kappa shape index (κ1) is 27.7. The van der Waals surface area contributed by atoms with Gasteiger partial charge < -0.3 is 24.8 Å². The van der Waals surface area contributed by atoms with E-state index in [1.165, 1.54) is 12.1 Å². The maximum Gasteiger partial charge on any atom is 0.573 e. The van der Waals surface area contributed by atoms with E-state index in [9.17, 15) is 27.5 Å². The van der Waals surface area contributed by atoms with Crippen molar-refractivity contribution in [2.45, 2.75) is 63.5 Å². The summed E-state index contributed by atoms with van der Waals surface area (Å²) < 4.78 is 63.5. The van der Waals surface area contributed by atoms with Crippen LogP contribution in [0.4, 0.5) is 23.2 Å². The number of fused-ring (bicyclic) bond motifs is 1. The van der Waals surface area contributed by atoms with Gasteiger partial charge in [0.1, 0.15) is 18.0 Å². The molecule has 1 amide bonds. The molecule has 0 saturated carbocycles. The molecule has 0 aliphatic carbocycles. The molecule has 39 heavy (non-hydrogen) atoms. The normalized spacial score (nSPS) is 24.2. The number of nitrogens with zero attached hydrogens (tertiary/aromatic N) is 2. The lowest BCUT2D eigenvalue weighted by Crippen LogP contribution is -2.59. The second-order valence-corrected chi connectivity index (χ2v) is 11.0. The van der Waals surface area contributed by atoms with Gasteiger partial charge in [0.25, 0.3) is 5.91 Å². The monoisotopic (exact) mass is 551 g/mol. The molecule has 3 atom stereocenters. The van der Waals surface area contributed by atoms with Gasteiger partial charge in [-0.3, -0.25) is 9.69 Å². The fourth-order valence-electron chi connectivity index (χ4n) is 5.60. The molecule has 3 aliphatic heterocycles. The Labute approximate surface area is 224 Å². The summed E-state index contributed by atoms with van der Waals surface area (Å²) in [6.07, 6.45) is -6.11. The van der Waals surface area contributed by atoms with Gasteiger partial charge in [-0.15, -0.1) is 13.2 Å². The molecule has 0 radical (unpaired) electrons. The highest BCUT2D eigenvalue weighted by atomic mass is 19.4. The number of aliphatic hydroxyl groups is 1. The molecule has 5 rings (SSSR count). The van der Waals surface area contributed by atoms with Crippen molar-refractivity contribution in [3.05, 3.63) is 58.7 Å². The minimum atomic E-state index is -4.91. The third-order valence-corrected chi connectivity index (χ3v) is 7.87. The molecule has 7 nitrogen and oxygen atoms in total. The molecule has 3 heterocycles. The number of amides is 1. The summed E-state index contributed by atoms with van der Waals surface area (Å²) in [7, 11) is 0. The minimum absolute atomic E-state index is 0.0954. The van der Waals surface area contributed by atoms with Crippen LogP contribution in [-0.4, -0.2) is 67.3 Å². The molecule has 2 aromatic rings. The third kappa shape index (κ3) is 5.85. The van der Waals surface area contributed by atoms with Crippen LogP contribution in [-0.2, 0) is 10.3 Å². The number of nitrogens with one attached hydrogen (secondary N) is 1. The van der Waals surface area contributed by atoms with Crippen molar-refractivity contribution in [1.29, 1.82) is 0 Å². The van der Waals surface area contributed by atoms with Gasteiger partial charge in [-0.25, -0.2) is 4.39 Å². The molecule has 0 unspecified atom stereocenters. The largest absolute Gasteiger partial charge is 0.573 e. The van der Waals surface area contributed by atoms with Crippen molar-refractivity contribution in [3.8, 4) is 5.75 Å². The summed E-state index contributed by atoms with van der Waals surface area (Å²) in [6.45, 7) is 7.69. The van der Waals surface area contributed by atoms with E-state index in [4.69, 9.17) is 4.74 Å². The van der Waals surface area contributed by atoms with Crippen molar-refractivity contribution in [3.63, 3.8) is 0 Å². The average molecular weight is 552 g/mol. The number of ether oxygens (including phenoxy) is 2. The predicted octanol–water partition coefficient (Wildman–Crippen LogP) is 4.61. The van der Waals surface area contributed by atoms with E-state index in [1.807, 2.05) is 18.7 Å². The summed E-state index contributed by atoms with van der Waals surface area (Å²) in [5, 5.41) is 13.1. The van der Waals surface area contributed by atoms with Crippen molar-refractivity contribution < 1.29 is 36.9 Å². The molecule has 2 N–H and O–H groups in total. The first-order chi connectivity index (χ1) is 18.3. The number of rotatable bonds is 6. The van der Waals surface area contributed by atoms with Crippen LogP contribution in [0.2, 0.25) is 0 Å². The zero-order valence-electron chi connectivity index (χ0n) is 22.1. The Hall–Kier alpha value is -2.89. The molecule has 2 fully saturated rings. The maximum atomic E-state index is 13.5. The SMILES string of the molecule is C[C@H](NC(=O)c1ccc2c(c1)[C@H](O)COC2(C)C)c1ccc(N2CC(N3CC[C@@H](F)C3)C2)cc1OC(F)(F)F. The number of aliphatic hydroxyl groups excluding tert-OH is 1. The van der Waals surface area contributed by atoms with Crippen LogP contribution < -0.4 is 15.0 Å². The molecule has 212 valence electrons. The zero-order valence-corrected chi connectivity index (χ0v) is 22.1. The highest BCUT2D eigenvalue weighted by Crippen LogP contribution is 2.38. The van der Waals surface area contributed by atoms with Gasteiger partial charge in [0, 0.05) is 55.1 Å². The molecule has 0 bridgehead atoms. The summed E-state index contributed by atoms with van der Waals surface area (Å²) in [5.41, 5.74) is 1.75. The third-order valence-electron chi connectivity index (χ3n) is 7.87. The van der Waals surface area contributed by atoms with E-state index in [-0.39, 0.29) is 29.5 Å². The number of alkyl halides is 4. The van der Waals surface area contributed by atoms with Crippen LogP contribution in [0.5, 0.6) is 5.75 Å². The lowest BCUT2D eigenvalue weighted by atomic mass is 9.86. The minimum Gasteiger partial charge on any atom is -0.405 e. The van der Waals surface area contributed by atoms with Crippen molar-refractivity contribution in [1.82, 2.24) is 10.2 Å². The zero-order chi connectivity index (χ0) is 28.1. The predicted molar refractivity (Wildman–Crippen MR) is 136 cm³/mol. The molecule has 0 aromatic heterocycles.